The van der Waals surface area contributed by atoms with Gasteiger partial charge in [0.15, 0.2) is 5.82 Å². The van der Waals surface area contributed by atoms with Crippen molar-refractivity contribution in [3.05, 3.63) is 133 Å². The van der Waals surface area contributed by atoms with Crippen molar-refractivity contribution in [1.82, 2.24) is 9.97 Å². The molecule has 0 saturated heterocycles. The Labute approximate surface area is 225 Å². The largest absolute Gasteiger partial charge is 0.455 e. The summed E-state index contributed by atoms with van der Waals surface area (Å²) in [4.78, 5) is 10.1. The first-order chi connectivity index (χ1) is 19.3. The molecular formula is C36H22N2O. The highest BCUT2D eigenvalue weighted by Gasteiger charge is 2.17. The minimum absolute atomic E-state index is 0.702. The van der Waals surface area contributed by atoms with E-state index in [4.69, 9.17) is 14.4 Å². The summed E-state index contributed by atoms with van der Waals surface area (Å²) in [6.07, 6.45) is 0. The third-order valence-electron chi connectivity index (χ3n) is 7.47. The molecule has 0 fully saturated rings. The van der Waals surface area contributed by atoms with Gasteiger partial charge in [0.05, 0.1) is 11.2 Å². The van der Waals surface area contributed by atoms with Crippen LogP contribution in [0.3, 0.4) is 0 Å². The standard InChI is InChI=1S/C36H22N2O/c1-3-11-23(12-4-1)29-22-31-30-21-25(19-20-33(30)39-35(31)27-16-8-7-15-26(27)29)36-37-32-18-10-9-17-28(32)34(38-36)24-13-5-2-6-14-24/h1-22H. The highest BCUT2D eigenvalue weighted by molar-refractivity contribution is 6.19. The molecule has 0 atom stereocenters. The summed E-state index contributed by atoms with van der Waals surface area (Å²) in [5, 5.41) is 5.49. The van der Waals surface area contributed by atoms with Gasteiger partial charge in [0.25, 0.3) is 0 Å². The Morgan fingerprint density at radius 3 is 1.90 bits per heavy atom. The molecule has 6 aromatic carbocycles. The number of aromatic nitrogens is 2. The summed E-state index contributed by atoms with van der Waals surface area (Å²) < 4.78 is 6.47. The first kappa shape index (κ1) is 21.8. The third-order valence-corrected chi connectivity index (χ3v) is 7.47. The molecule has 8 aromatic rings. The number of hydrogen-bond donors (Lipinski definition) is 0. The van der Waals surface area contributed by atoms with Crippen molar-refractivity contribution in [2.75, 3.05) is 0 Å². The van der Waals surface area contributed by atoms with E-state index in [1.165, 1.54) is 16.5 Å². The topological polar surface area (TPSA) is 38.9 Å². The van der Waals surface area contributed by atoms with Crippen LogP contribution < -0.4 is 0 Å². The molecule has 8 rings (SSSR count). The van der Waals surface area contributed by atoms with E-state index in [2.05, 4.69) is 97.1 Å². The van der Waals surface area contributed by atoms with Gasteiger partial charge in [-0.3, -0.25) is 0 Å². The zero-order chi connectivity index (χ0) is 25.8. The Bertz CT molecular complexity index is 2160. The Kier molecular flexibility index (Phi) is 4.82. The maximum Gasteiger partial charge on any atom is 0.160 e. The predicted molar refractivity (Wildman–Crippen MR) is 161 cm³/mol. The van der Waals surface area contributed by atoms with Crippen LogP contribution >= 0.6 is 0 Å². The van der Waals surface area contributed by atoms with Gasteiger partial charge in [0, 0.05) is 32.7 Å². The molecule has 0 radical (unpaired) electrons. The van der Waals surface area contributed by atoms with Gasteiger partial charge in [-0.05, 0) is 46.8 Å². The van der Waals surface area contributed by atoms with Gasteiger partial charge in [-0.15, -0.1) is 0 Å². The summed E-state index contributed by atoms with van der Waals surface area (Å²) >= 11 is 0. The zero-order valence-corrected chi connectivity index (χ0v) is 21.0. The van der Waals surface area contributed by atoms with Gasteiger partial charge >= 0.3 is 0 Å². The second-order valence-electron chi connectivity index (χ2n) is 9.80. The second-order valence-corrected chi connectivity index (χ2v) is 9.80. The molecule has 3 nitrogen and oxygen atoms in total. The highest BCUT2D eigenvalue weighted by atomic mass is 16.3. The molecule has 39 heavy (non-hydrogen) atoms. The van der Waals surface area contributed by atoms with E-state index in [1.807, 2.05) is 36.4 Å². The fourth-order valence-corrected chi connectivity index (χ4v) is 5.62. The molecule has 0 amide bonds. The maximum atomic E-state index is 6.47. The number of benzene rings is 6. The average molecular weight is 499 g/mol. The normalized spacial score (nSPS) is 11.6. The SMILES string of the molecule is c1ccc(-c2nc(-c3ccc4oc5c6ccccc6c(-c6ccccc6)cc5c4c3)nc3ccccc23)cc1. The molecule has 0 aliphatic rings. The minimum Gasteiger partial charge on any atom is -0.455 e. The number of hydrogen-bond acceptors (Lipinski definition) is 3. The molecule has 0 N–H and O–H groups in total. The summed E-state index contributed by atoms with van der Waals surface area (Å²) in [7, 11) is 0. The van der Waals surface area contributed by atoms with Gasteiger partial charge in [0.1, 0.15) is 11.2 Å². The van der Waals surface area contributed by atoms with Crippen molar-refractivity contribution in [2.24, 2.45) is 0 Å². The lowest BCUT2D eigenvalue weighted by Gasteiger charge is -2.09. The molecule has 0 saturated carbocycles. The van der Waals surface area contributed by atoms with Crippen molar-refractivity contribution < 1.29 is 4.42 Å². The molecule has 0 unspecified atom stereocenters. The van der Waals surface area contributed by atoms with Crippen LogP contribution in [0.5, 0.6) is 0 Å². The monoisotopic (exact) mass is 498 g/mol. The summed E-state index contributed by atoms with van der Waals surface area (Å²) in [5.41, 5.74) is 8.04. The number of para-hydroxylation sites is 1. The summed E-state index contributed by atoms with van der Waals surface area (Å²) in [6.45, 7) is 0. The molecule has 0 aliphatic heterocycles. The Morgan fingerprint density at radius 2 is 1.10 bits per heavy atom. The molecular weight excluding hydrogens is 476 g/mol. The average Bonchev–Trinajstić information content (AvgIpc) is 3.39. The highest BCUT2D eigenvalue weighted by Crippen LogP contribution is 2.40. The Morgan fingerprint density at radius 1 is 0.436 bits per heavy atom. The van der Waals surface area contributed by atoms with Gasteiger partial charge in [0.2, 0.25) is 0 Å². The van der Waals surface area contributed by atoms with E-state index in [0.717, 1.165) is 55.0 Å². The summed E-state index contributed by atoms with van der Waals surface area (Å²) in [6, 6.07) is 46.1. The third kappa shape index (κ3) is 3.52. The van der Waals surface area contributed by atoms with Crippen molar-refractivity contribution >= 4 is 43.6 Å². The Balaban J connectivity index is 1.39. The first-order valence-electron chi connectivity index (χ1n) is 13.1. The number of furan rings is 1. The van der Waals surface area contributed by atoms with Crippen LogP contribution in [0.15, 0.2) is 138 Å². The number of rotatable bonds is 3. The van der Waals surface area contributed by atoms with Crippen molar-refractivity contribution in [2.45, 2.75) is 0 Å². The number of fused-ring (bicyclic) bond motifs is 6. The maximum absolute atomic E-state index is 6.47. The summed E-state index contributed by atoms with van der Waals surface area (Å²) in [5.74, 6) is 0.702. The smallest absolute Gasteiger partial charge is 0.160 e. The van der Waals surface area contributed by atoms with Crippen LogP contribution in [0.1, 0.15) is 0 Å². The van der Waals surface area contributed by atoms with Crippen molar-refractivity contribution in [1.29, 1.82) is 0 Å². The lowest BCUT2D eigenvalue weighted by Crippen LogP contribution is -1.95. The van der Waals surface area contributed by atoms with E-state index in [1.54, 1.807) is 0 Å². The van der Waals surface area contributed by atoms with Gasteiger partial charge in [-0.2, -0.15) is 0 Å². The van der Waals surface area contributed by atoms with Crippen molar-refractivity contribution in [3.8, 4) is 33.8 Å². The quantitative estimate of drug-likeness (QED) is 0.243. The van der Waals surface area contributed by atoms with E-state index < -0.39 is 0 Å². The van der Waals surface area contributed by atoms with Crippen molar-refractivity contribution in [3.63, 3.8) is 0 Å². The predicted octanol–water partition coefficient (Wildman–Crippen LogP) is 9.68. The fraction of sp³-hybridized carbons (Fsp3) is 0. The second kappa shape index (κ2) is 8.64. The lowest BCUT2D eigenvalue weighted by atomic mass is 9.95. The molecule has 3 heteroatoms. The molecule has 0 bridgehead atoms. The van der Waals surface area contributed by atoms with Crippen LogP contribution in [0, 0.1) is 0 Å². The zero-order valence-electron chi connectivity index (χ0n) is 21.0. The van der Waals surface area contributed by atoms with Gasteiger partial charge in [-0.25, -0.2) is 9.97 Å². The van der Waals surface area contributed by atoms with E-state index in [9.17, 15) is 0 Å². The van der Waals surface area contributed by atoms with Gasteiger partial charge < -0.3 is 4.42 Å². The van der Waals surface area contributed by atoms with Crippen LogP contribution in [0.4, 0.5) is 0 Å². The van der Waals surface area contributed by atoms with Crippen LogP contribution in [0.25, 0.3) is 77.4 Å². The van der Waals surface area contributed by atoms with Crippen LogP contribution in [-0.2, 0) is 0 Å². The lowest BCUT2D eigenvalue weighted by molar-refractivity contribution is 0.672. The Hall–Kier alpha value is -5.28. The minimum atomic E-state index is 0.702. The van der Waals surface area contributed by atoms with Gasteiger partial charge in [-0.1, -0.05) is 103 Å². The van der Waals surface area contributed by atoms with E-state index in [0.29, 0.717) is 5.82 Å². The molecule has 182 valence electrons. The van der Waals surface area contributed by atoms with E-state index in [-0.39, 0.29) is 0 Å². The molecule has 2 aromatic heterocycles. The van der Waals surface area contributed by atoms with E-state index >= 15 is 0 Å². The first-order valence-corrected chi connectivity index (χ1v) is 13.1. The molecule has 0 spiro atoms. The van der Waals surface area contributed by atoms with Crippen LogP contribution in [0.2, 0.25) is 0 Å². The molecule has 2 heterocycles. The fourth-order valence-electron chi connectivity index (χ4n) is 5.62. The molecule has 0 aliphatic carbocycles. The van der Waals surface area contributed by atoms with Crippen LogP contribution in [-0.4, -0.2) is 9.97 Å². The number of nitrogens with zero attached hydrogens (tertiary/aromatic N) is 2.